The SMILES string of the molecule is CC1(Cc2ccc(Br)cc2)CCN1. The molecule has 0 radical (unpaired) electrons. The first-order valence-corrected chi connectivity index (χ1v) is 5.47. The van der Waals surface area contributed by atoms with Crippen LogP contribution in [0.1, 0.15) is 18.9 Å². The van der Waals surface area contributed by atoms with E-state index in [2.05, 4.69) is 52.4 Å². The first-order chi connectivity index (χ1) is 6.18. The molecule has 0 saturated carbocycles. The summed E-state index contributed by atoms with van der Waals surface area (Å²) in [5.41, 5.74) is 1.77. The van der Waals surface area contributed by atoms with Gasteiger partial charge in [0.25, 0.3) is 0 Å². The molecule has 0 spiro atoms. The van der Waals surface area contributed by atoms with Crippen molar-refractivity contribution in [3.63, 3.8) is 0 Å². The zero-order valence-corrected chi connectivity index (χ0v) is 9.39. The number of hydrogen-bond acceptors (Lipinski definition) is 1. The second kappa shape index (κ2) is 3.43. The lowest BCUT2D eigenvalue weighted by Gasteiger charge is -2.40. The lowest BCUT2D eigenvalue weighted by Crippen LogP contribution is -2.55. The van der Waals surface area contributed by atoms with Gasteiger partial charge >= 0.3 is 0 Å². The van der Waals surface area contributed by atoms with Crippen LogP contribution >= 0.6 is 15.9 Å². The Labute approximate surface area is 87.7 Å². The Balaban J connectivity index is 2.05. The van der Waals surface area contributed by atoms with Crippen molar-refractivity contribution in [3.05, 3.63) is 34.3 Å². The van der Waals surface area contributed by atoms with Crippen LogP contribution in [-0.4, -0.2) is 12.1 Å². The summed E-state index contributed by atoms with van der Waals surface area (Å²) in [5, 5.41) is 3.47. The second-order valence-corrected chi connectivity index (χ2v) is 4.96. The maximum Gasteiger partial charge on any atom is 0.0205 e. The van der Waals surface area contributed by atoms with E-state index in [0.717, 1.165) is 10.9 Å². The zero-order valence-electron chi connectivity index (χ0n) is 7.81. The minimum atomic E-state index is 0.355. The average Bonchev–Trinajstić information content (AvgIpc) is 2.06. The van der Waals surface area contributed by atoms with E-state index in [0.29, 0.717) is 5.54 Å². The molecular weight excluding hydrogens is 226 g/mol. The molecular formula is C11H14BrN. The van der Waals surface area contributed by atoms with Crippen LogP contribution in [0, 0.1) is 0 Å². The predicted molar refractivity (Wildman–Crippen MR) is 58.9 cm³/mol. The molecule has 0 aromatic heterocycles. The fourth-order valence-corrected chi connectivity index (χ4v) is 2.02. The Morgan fingerprint density at radius 2 is 2.00 bits per heavy atom. The van der Waals surface area contributed by atoms with E-state index in [4.69, 9.17) is 0 Å². The minimum Gasteiger partial charge on any atom is -0.311 e. The van der Waals surface area contributed by atoms with E-state index in [-0.39, 0.29) is 0 Å². The van der Waals surface area contributed by atoms with Gasteiger partial charge in [-0.25, -0.2) is 0 Å². The molecule has 0 aliphatic carbocycles. The average molecular weight is 240 g/mol. The number of hydrogen-bond donors (Lipinski definition) is 1. The summed E-state index contributed by atoms with van der Waals surface area (Å²) in [6, 6.07) is 8.60. The van der Waals surface area contributed by atoms with Gasteiger partial charge in [0, 0.05) is 10.0 Å². The summed E-state index contributed by atoms with van der Waals surface area (Å²) in [6.45, 7) is 3.46. The summed E-state index contributed by atoms with van der Waals surface area (Å²) in [4.78, 5) is 0. The zero-order chi connectivity index (χ0) is 9.31. The number of nitrogens with one attached hydrogen (secondary N) is 1. The van der Waals surface area contributed by atoms with Crippen molar-refractivity contribution in [2.45, 2.75) is 25.3 Å². The maximum atomic E-state index is 3.47. The Morgan fingerprint density at radius 1 is 1.38 bits per heavy atom. The normalized spacial score (nSPS) is 26.9. The van der Waals surface area contributed by atoms with E-state index in [1.54, 1.807) is 0 Å². The van der Waals surface area contributed by atoms with Crippen LogP contribution in [-0.2, 0) is 6.42 Å². The number of halogens is 1. The van der Waals surface area contributed by atoms with Gasteiger partial charge in [0.05, 0.1) is 0 Å². The fraction of sp³-hybridized carbons (Fsp3) is 0.455. The molecule has 2 heteroatoms. The molecule has 1 heterocycles. The molecule has 1 atom stereocenters. The van der Waals surface area contributed by atoms with Gasteiger partial charge in [-0.15, -0.1) is 0 Å². The monoisotopic (exact) mass is 239 g/mol. The first kappa shape index (κ1) is 9.22. The highest BCUT2D eigenvalue weighted by Crippen LogP contribution is 2.23. The third-order valence-electron chi connectivity index (χ3n) is 2.74. The molecule has 1 N–H and O–H groups in total. The Bertz CT molecular complexity index is 287. The highest BCUT2D eigenvalue weighted by Gasteiger charge is 2.30. The Kier molecular flexibility index (Phi) is 2.43. The van der Waals surface area contributed by atoms with Crippen molar-refractivity contribution in [1.29, 1.82) is 0 Å². The largest absolute Gasteiger partial charge is 0.311 e. The van der Waals surface area contributed by atoms with Crippen LogP contribution < -0.4 is 5.32 Å². The van der Waals surface area contributed by atoms with Crippen molar-refractivity contribution < 1.29 is 0 Å². The van der Waals surface area contributed by atoms with Crippen LogP contribution in [0.4, 0.5) is 0 Å². The van der Waals surface area contributed by atoms with Gasteiger partial charge in [-0.2, -0.15) is 0 Å². The standard InChI is InChI=1S/C11H14BrN/c1-11(6-7-13-11)8-9-2-4-10(12)5-3-9/h2-5,13H,6-8H2,1H3. The highest BCUT2D eigenvalue weighted by atomic mass is 79.9. The fourth-order valence-electron chi connectivity index (χ4n) is 1.76. The second-order valence-electron chi connectivity index (χ2n) is 4.04. The van der Waals surface area contributed by atoms with E-state index in [1.807, 2.05) is 0 Å². The minimum absolute atomic E-state index is 0.355. The van der Waals surface area contributed by atoms with Crippen molar-refractivity contribution in [2.24, 2.45) is 0 Å². The van der Waals surface area contributed by atoms with Crippen molar-refractivity contribution >= 4 is 15.9 Å². The molecule has 1 unspecified atom stereocenters. The Morgan fingerprint density at radius 3 is 2.46 bits per heavy atom. The van der Waals surface area contributed by atoms with Crippen LogP contribution in [0.25, 0.3) is 0 Å². The van der Waals surface area contributed by atoms with Gasteiger partial charge in [0.1, 0.15) is 0 Å². The van der Waals surface area contributed by atoms with Crippen molar-refractivity contribution in [3.8, 4) is 0 Å². The maximum absolute atomic E-state index is 3.47. The predicted octanol–water partition coefficient (Wildman–Crippen LogP) is 2.74. The molecule has 1 fully saturated rings. The lowest BCUT2D eigenvalue weighted by atomic mass is 9.84. The van der Waals surface area contributed by atoms with Gasteiger partial charge in [0.15, 0.2) is 0 Å². The summed E-state index contributed by atoms with van der Waals surface area (Å²) in [6.07, 6.45) is 2.43. The first-order valence-electron chi connectivity index (χ1n) is 4.67. The molecule has 0 amide bonds. The van der Waals surface area contributed by atoms with Crippen molar-refractivity contribution in [2.75, 3.05) is 6.54 Å². The molecule has 1 saturated heterocycles. The van der Waals surface area contributed by atoms with E-state index >= 15 is 0 Å². The topological polar surface area (TPSA) is 12.0 Å². The molecule has 13 heavy (non-hydrogen) atoms. The lowest BCUT2D eigenvalue weighted by molar-refractivity contribution is 0.231. The Hall–Kier alpha value is -0.340. The molecule has 1 aliphatic rings. The highest BCUT2D eigenvalue weighted by molar-refractivity contribution is 9.10. The van der Waals surface area contributed by atoms with E-state index < -0.39 is 0 Å². The van der Waals surface area contributed by atoms with E-state index in [9.17, 15) is 0 Å². The molecule has 1 aromatic carbocycles. The quantitative estimate of drug-likeness (QED) is 0.838. The number of rotatable bonds is 2. The molecule has 2 rings (SSSR count). The van der Waals surface area contributed by atoms with Crippen LogP contribution in [0.2, 0.25) is 0 Å². The van der Waals surface area contributed by atoms with Gasteiger partial charge < -0.3 is 5.32 Å². The van der Waals surface area contributed by atoms with Gasteiger partial charge in [0.2, 0.25) is 0 Å². The van der Waals surface area contributed by atoms with Gasteiger partial charge in [-0.05, 0) is 44.0 Å². The van der Waals surface area contributed by atoms with E-state index in [1.165, 1.54) is 18.5 Å². The molecule has 1 nitrogen and oxygen atoms in total. The smallest absolute Gasteiger partial charge is 0.0205 e. The molecule has 0 bridgehead atoms. The van der Waals surface area contributed by atoms with Crippen molar-refractivity contribution in [1.82, 2.24) is 5.32 Å². The van der Waals surface area contributed by atoms with Crippen LogP contribution in [0.5, 0.6) is 0 Å². The molecule has 1 aromatic rings. The summed E-state index contributed by atoms with van der Waals surface area (Å²) < 4.78 is 1.16. The summed E-state index contributed by atoms with van der Waals surface area (Å²) in [5.74, 6) is 0. The molecule has 70 valence electrons. The molecule has 1 aliphatic heterocycles. The van der Waals surface area contributed by atoms with Gasteiger partial charge in [-0.3, -0.25) is 0 Å². The summed E-state index contributed by atoms with van der Waals surface area (Å²) in [7, 11) is 0. The van der Waals surface area contributed by atoms with Crippen LogP contribution in [0.15, 0.2) is 28.7 Å². The third-order valence-corrected chi connectivity index (χ3v) is 3.26. The third kappa shape index (κ3) is 2.12. The number of benzene rings is 1. The van der Waals surface area contributed by atoms with Crippen LogP contribution in [0.3, 0.4) is 0 Å². The van der Waals surface area contributed by atoms with Gasteiger partial charge in [-0.1, -0.05) is 28.1 Å². The summed E-state index contributed by atoms with van der Waals surface area (Å²) >= 11 is 3.44.